The molecule has 11 rings (SSSR count). The summed E-state index contributed by atoms with van der Waals surface area (Å²) in [5, 5.41) is 1.40. The normalized spacial score (nSPS) is 15.9. The summed E-state index contributed by atoms with van der Waals surface area (Å²) in [5.74, 6) is 0. The van der Waals surface area contributed by atoms with Crippen molar-refractivity contribution in [2.45, 2.75) is 57.8 Å². The number of nitrogens with zero attached hydrogens (tertiary/aromatic N) is 1. The van der Waals surface area contributed by atoms with E-state index in [2.05, 4.69) is 198 Å². The third kappa shape index (κ3) is 4.46. The second kappa shape index (κ2) is 11.2. The van der Waals surface area contributed by atoms with Crippen molar-refractivity contribution in [1.82, 2.24) is 0 Å². The first-order valence-corrected chi connectivity index (χ1v) is 20.4. The molecular formula is C53H43NS. The van der Waals surface area contributed by atoms with Crippen LogP contribution in [0, 0.1) is 0 Å². The van der Waals surface area contributed by atoms with E-state index in [1.807, 2.05) is 11.3 Å². The zero-order valence-corrected chi connectivity index (χ0v) is 33.1. The van der Waals surface area contributed by atoms with Gasteiger partial charge in [-0.15, -0.1) is 11.3 Å². The summed E-state index contributed by atoms with van der Waals surface area (Å²) in [6.07, 6.45) is 0. The highest BCUT2D eigenvalue weighted by molar-refractivity contribution is 7.22. The predicted octanol–water partition coefficient (Wildman–Crippen LogP) is 15.0. The molecule has 3 aliphatic carbocycles. The van der Waals surface area contributed by atoms with Gasteiger partial charge in [0.25, 0.3) is 0 Å². The first kappa shape index (κ1) is 32.7. The Labute approximate surface area is 328 Å². The van der Waals surface area contributed by atoms with Crippen LogP contribution in [0.15, 0.2) is 152 Å². The Balaban J connectivity index is 1.03. The molecule has 0 unspecified atom stereocenters. The van der Waals surface area contributed by atoms with Gasteiger partial charge in [0.1, 0.15) is 0 Å². The lowest BCUT2D eigenvalue weighted by Crippen LogP contribution is -2.18. The first-order valence-electron chi connectivity index (χ1n) is 19.6. The summed E-state index contributed by atoms with van der Waals surface area (Å²) in [6.45, 7) is 14.3. The van der Waals surface area contributed by atoms with Gasteiger partial charge in [-0.25, -0.2) is 0 Å². The van der Waals surface area contributed by atoms with Crippen molar-refractivity contribution >= 4 is 38.5 Å². The Morgan fingerprint density at radius 1 is 0.382 bits per heavy atom. The molecule has 8 aromatic rings. The molecular weight excluding hydrogens is 683 g/mol. The monoisotopic (exact) mass is 725 g/mol. The molecule has 266 valence electrons. The topological polar surface area (TPSA) is 3.24 Å². The lowest BCUT2D eigenvalue weighted by Gasteiger charge is -2.30. The van der Waals surface area contributed by atoms with Gasteiger partial charge >= 0.3 is 0 Å². The summed E-state index contributed by atoms with van der Waals surface area (Å²) in [4.78, 5) is 3.90. The molecule has 0 fully saturated rings. The van der Waals surface area contributed by atoms with E-state index in [1.54, 1.807) is 0 Å². The van der Waals surface area contributed by atoms with Gasteiger partial charge < -0.3 is 4.90 Å². The van der Waals surface area contributed by atoms with Crippen LogP contribution in [0.4, 0.5) is 17.1 Å². The van der Waals surface area contributed by atoms with Crippen LogP contribution in [0.3, 0.4) is 0 Å². The largest absolute Gasteiger partial charge is 0.310 e. The van der Waals surface area contributed by atoms with Crippen molar-refractivity contribution in [3.63, 3.8) is 0 Å². The first-order chi connectivity index (χ1) is 26.5. The number of anilines is 3. The van der Waals surface area contributed by atoms with Crippen LogP contribution in [0.5, 0.6) is 0 Å². The molecule has 0 N–H and O–H groups in total. The van der Waals surface area contributed by atoms with Gasteiger partial charge in [-0.2, -0.15) is 0 Å². The van der Waals surface area contributed by atoms with Gasteiger partial charge in [0.15, 0.2) is 0 Å². The fraction of sp³-hybridized carbons (Fsp3) is 0.170. The molecule has 3 aliphatic rings. The molecule has 1 aromatic heterocycles. The van der Waals surface area contributed by atoms with Gasteiger partial charge in [0, 0.05) is 42.9 Å². The maximum absolute atomic E-state index is 2.47. The second-order valence-corrected chi connectivity index (χ2v) is 18.4. The lowest BCUT2D eigenvalue weighted by atomic mass is 9.80. The number of fused-ring (bicyclic) bond motifs is 11. The third-order valence-corrected chi connectivity index (χ3v) is 14.5. The quantitative estimate of drug-likeness (QED) is 0.175. The molecule has 0 saturated carbocycles. The molecule has 0 atom stereocenters. The van der Waals surface area contributed by atoms with Crippen LogP contribution in [0.1, 0.15) is 74.9 Å². The van der Waals surface area contributed by atoms with E-state index >= 15 is 0 Å². The van der Waals surface area contributed by atoms with E-state index in [0.717, 1.165) is 5.69 Å². The number of benzene rings is 7. The maximum atomic E-state index is 2.47. The highest BCUT2D eigenvalue weighted by Crippen LogP contribution is 2.57. The molecule has 2 heteroatoms. The fourth-order valence-corrected chi connectivity index (χ4v) is 11.7. The molecule has 7 aromatic carbocycles. The predicted molar refractivity (Wildman–Crippen MR) is 235 cm³/mol. The average Bonchev–Trinajstić information content (AvgIpc) is 3.85. The lowest BCUT2D eigenvalue weighted by molar-refractivity contribution is 0.660. The van der Waals surface area contributed by atoms with Crippen LogP contribution in [-0.2, 0) is 16.2 Å². The molecule has 0 spiro atoms. The SMILES string of the molecule is CC1(C)c2ccccc2-c2ccc(N(c3ccc(-c4ccc5c(c4)C(C)(C)c4c-5sc5ccccc45)cc3)c3ccc4c(c3)C(C)(C)c3ccccc3-4)cc21. The molecule has 1 heterocycles. The Hall–Kier alpha value is -5.70. The number of hydrogen-bond donors (Lipinski definition) is 0. The number of rotatable bonds is 4. The average molecular weight is 726 g/mol. The van der Waals surface area contributed by atoms with Crippen molar-refractivity contribution in [1.29, 1.82) is 0 Å². The van der Waals surface area contributed by atoms with Gasteiger partial charge in [0.05, 0.1) is 0 Å². The molecule has 0 radical (unpaired) electrons. The van der Waals surface area contributed by atoms with Crippen LogP contribution in [0.25, 0.3) is 53.9 Å². The smallest absolute Gasteiger partial charge is 0.0465 e. The van der Waals surface area contributed by atoms with E-state index < -0.39 is 0 Å². The maximum Gasteiger partial charge on any atom is 0.0465 e. The van der Waals surface area contributed by atoms with Crippen molar-refractivity contribution in [3.05, 3.63) is 185 Å². The van der Waals surface area contributed by atoms with Crippen LogP contribution in [-0.4, -0.2) is 0 Å². The molecule has 0 amide bonds. The summed E-state index contributed by atoms with van der Waals surface area (Å²) in [6, 6.07) is 57.4. The molecule has 1 nitrogen and oxygen atoms in total. The van der Waals surface area contributed by atoms with Crippen LogP contribution >= 0.6 is 11.3 Å². The van der Waals surface area contributed by atoms with Gasteiger partial charge in [-0.3, -0.25) is 0 Å². The Bertz CT molecular complexity index is 2790. The zero-order chi connectivity index (χ0) is 37.4. The Kier molecular flexibility index (Phi) is 6.65. The summed E-state index contributed by atoms with van der Waals surface area (Å²) in [5.41, 5.74) is 21.0. The van der Waals surface area contributed by atoms with E-state index in [-0.39, 0.29) is 16.2 Å². The zero-order valence-electron chi connectivity index (χ0n) is 32.3. The van der Waals surface area contributed by atoms with Crippen molar-refractivity contribution in [3.8, 4) is 43.8 Å². The van der Waals surface area contributed by atoms with E-state index in [0.29, 0.717) is 0 Å². The highest BCUT2D eigenvalue weighted by Gasteiger charge is 2.40. The Morgan fingerprint density at radius 3 is 1.47 bits per heavy atom. The second-order valence-electron chi connectivity index (χ2n) is 17.4. The van der Waals surface area contributed by atoms with E-state index in [1.165, 1.54) is 98.7 Å². The summed E-state index contributed by atoms with van der Waals surface area (Å²) >= 11 is 1.94. The fourth-order valence-electron chi connectivity index (χ4n) is 10.3. The molecule has 0 aliphatic heterocycles. The van der Waals surface area contributed by atoms with E-state index in [4.69, 9.17) is 0 Å². The van der Waals surface area contributed by atoms with Crippen LogP contribution < -0.4 is 4.90 Å². The van der Waals surface area contributed by atoms with E-state index in [9.17, 15) is 0 Å². The van der Waals surface area contributed by atoms with Crippen molar-refractivity contribution in [2.24, 2.45) is 0 Å². The third-order valence-electron chi connectivity index (χ3n) is 13.3. The standard InChI is InChI=1S/C53H43NS/c1-51(2)43-16-10-7-13-37(43)39-27-24-35(30-46(39)51)54(36-25-28-40-38-14-8-11-17-44(38)52(3,4)47(40)31-36)34-22-19-32(20-23-34)33-21-26-41-45(29-33)53(5,6)49-42-15-9-12-18-48(42)55-50(41)49/h7-31H,1-6H3. The minimum Gasteiger partial charge on any atom is -0.310 e. The van der Waals surface area contributed by atoms with Gasteiger partial charge in [-0.05, 0) is 126 Å². The van der Waals surface area contributed by atoms with Crippen molar-refractivity contribution in [2.75, 3.05) is 4.90 Å². The molecule has 55 heavy (non-hydrogen) atoms. The summed E-state index contributed by atoms with van der Waals surface area (Å²) < 4.78 is 1.38. The number of thiophene rings is 1. The molecule has 0 bridgehead atoms. The minimum atomic E-state index is -0.0873. The van der Waals surface area contributed by atoms with Crippen LogP contribution in [0.2, 0.25) is 0 Å². The van der Waals surface area contributed by atoms with Crippen molar-refractivity contribution < 1.29 is 0 Å². The van der Waals surface area contributed by atoms with Gasteiger partial charge in [-0.1, -0.05) is 145 Å². The minimum absolute atomic E-state index is 0.0565. The summed E-state index contributed by atoms with van der Waals surface area (Å²) in [7, 11) is 0. The number of hydrogen-bond acceptors (Lipinski definition) is 2. The highest BCUT2D eigenvalue weighted by atomic mass is 32.1. The Morgan fingerprint density at radius 2 is 0.855 bits per heavy atom. The molecule has 0 saturated heterocycles. The van der Waals surface area contributed by atoms with Gasteiger partial charge in [0.2, 0.25) is 0 Å².